The second-order valence-electron chi connectivity index (χ2n) is 3.91. The Balaban J connectivity index is 2.19. The quantitative estimate of drug-likeness (QED) is 0.620. The minimum Gasteiger partial charge on any atom is -0.481 e. The number of nitro groups is 2. The van der Waals surface area contributed by atoms with Gasteiger partial charge in [-0.15, -0.1) is 0 Å². The van der Waals surface area contributed by atoms with Gasteiger partial charge in [-0.2, -0.15) is 0 Å². The van der Waals surface area contributed by atoms with Crippen LogP contribution in [-0.4, -0.2) is 14.8 Å². The van der Waals surface area contributed by atoms with E-state index in [4.69, 9.17) is 16.3 Å². The first kappa shape index (κ1) is 14.7. The Kier molecular flexibility index (Phi) is 4.29. The average Bonchev–Trinajstić information content (AvgIpc) is 2.46. The third-order valence-electron chi connectivity index (χ3n) is 2.53. The number of pyridine rings is 1. The van der Waals surface area contributed by atoms with Crippen molar-refractivity contribution in [2.24, 2.45) is 0 Å². The van der Waals surface area contributed by atoms with Crippen molar-refractivity contribution in [3.8, 4) is 5.75 Å². The summed E-state index contributed by atoms with van der Waals surface area (Å²) in [5.41, 5.74) is 0.211. The molecule has 0 amide bonds. The number of halogens is 1. The van der Waals surface area contributed by atoms with E-state index in [1.807, 2.05) is 0 Å². The zero-order chi connectivity index (χ0) is 15.4. The van der Waals surface area contributed by atoms with Crippen molar-refractivity contribution >= 4 is 23.1 Å². The Hall–Kier alpha value is -2.74. The van der Waals surface area contributed by atoms with Crippen LogP contribution in [0.1, 0.15) is 5.56 Å². The molecule has 1 aromatic carbocycles. The van der Waals surface area contributed by atoms with Gasteiger partial charge in [-0.25, -0.2) is 0 Å². The molecule has 0 spiro atoms. The monoisotopic (exact) mass is 309 g/mol. The highest BCUT2D eigenvalue weighted by Crippen LogP contribution is 2.27. The van der Waals surface area contributed by atoms with Crippen LogP contribution in [-0.2, 0) is 6.61 Å². The van der Waals surface area contributed by atoms with E-state index >= 15 is 0 Å². The maximum Gasteiger partial charge on any atom is 0.406 e. The molecule has 2 rings (SSSR count). The number of hydrogen-bond acceptors (Lipinski definition) is 6. The minimum atomic E-state index is -0.667. The summed E-state index contributed by atoms with van der Waals surface area (Å²) in [6.07, 6.45) is 1.28. The maximum absolute atomic E-state index is 10.8. The summed E-state index contributed by atoms with van der Waals surface area (Å²) in [5.74, 6) is -0.430. The Morgan fingerprint density at radius 3 is 2.62 bits per heavy atom. The molecule has 0 saturated heterocycles. The highest BCUT2D eigenvalue weighted by atomic mass is 35.5. The first-order chi connectivity index (χ1) is 9.99. The summed E-state index contributed by atoms with van der Waals surface area (Å²) in [6.45, 7) is -0.0788. The number of nitrogens with zero attached hydrogens (tertiary/aromatic N) is 3. The summed E-state index contributed by atoms with van der Waals surface area (Å²) < 4.78 is 5.29. The van der Waals surface area contributed by atoms with Gasteiger partial charge in [0.1, 0.15) is 17.8 Å². The second-order valence-corrected chi connectivity index (χ2v) is 4.32. The van der Waals surface area contributed by atoms with Gasteiger partial charge in [0.25, 0.3) is 5.69 Å². The lowest BCUT2D eigenvalue weighted by atomic mass is 10.2. The summed E-state index contributed by atoms with van der Waals surface area (Å²) in [5, 5.41) is 21.6. The Labute approximate surface area is 123 Å². The molecule has 0 aliphatic carbocycles. The SMILES string of the molecule is O=[N+]([O-])c1cc(COc2cccnc2[N+](=O)[O-])ccc1Cl. The van der Waals surface area contributed by atoms with Crippen LogP contribution in [0.15, 0.2) is 36.5 Å². The molecule has 1 heterocycles. The van der Waals surface area contributed by atoms with E-state index in [0.29, 0.717) is 5.56 Å². The minimum absolute atomic E-state index is 0.0103. The topological polar surface area (TPSA) is 108 Å². The molecule has 0 fully saturated rings. The highest BCUT2D eigenvalue weighted by molar-refractivity contribution is 6.32. The van der Waals surface area contributed by atoms with Gasteiger partial charge in [-0.3, -0.25) is 10.1 Å². The number of nitro benzene ring substituents is 1. The lowest BCUT2D eigenvalue weighted by Crippen LogP contribution is -2.01. The van der Waals surface area contributed by atoms with Crippen LogP contribution in [0.25, 0.3) is 0 Å². The molecule has 0 aliphatic rings. The van der Waals surface area contributed by atoms with Gasteiger partial charge >= 0.3 is 5.82 Å². The zero-order valence-corrected chi connectivity index (χ0v) is 11.2. The molecule has 21 heavy (non-hydrogen) atoms. The number of ether oxygens (including phenoxy) is 1. The van der Waals surface area contributed by atoms with Crippen molar-refractivity contribution in [1.29, 1.82) is 0 Å². The molecule has 2 aromatic rings. The van der Waals surface area contributed by atoms with Crippen molar-refractivity contribution < 1.29 is 14.6 Å². The first-order valence-corrected chi connectivity index (χ1v) is 6.02. The molecule has 0 N–H and O–H groups in total. The van der Waals surface area contributed by atoms with Crippen LogP contribution in [0.3, 0.4) is 0 Å². The van der Waals surface area contributed by atoms with Gasteiger partial charge in [-0.1, -0.05) is 17.7 Å². The molecule has 8 nitrogen and oxygen atoms in total. The van der Waals surface area contributed by atoms with Crippen molar-refractivity contribution in [1.82, 2.24) is 4.98 Å². The van der Waals surface area contributed by atoms with Crippen LogP contribution in [0.5, 0.6) is 5.75 Å². The molecular formula is C12H8ClN3O5. The number of aromatic nitrogens is 1. The smallest absolute Gasteiger partial charge is 0.406 e. The van der Waals surface area contributed by atoms with Crippen LogP contribution in [0.2, 0.25) is 5.02 Å². The predicted molar refractivity (Wildman–Crippen MR) is 73.3 cm³/mol. The summed E-state index contributed by atoms with van der Waals surface area (Å²) >= 11 is 5.69. The maximum atomic E-state index is 10.8. The summed E-state index contributed by atoms with van der Waals surface area (Å²) in [6, 6.07) is 7.06. The molecule has 0 radical (unpaired) electrons. The number of hydrogen-bond donors (Lipinski definition) is 0. The molecule has 0 saturated carbocycles. The van der Waals surface area contributed by atoms with E-state index in [-0.39, 0.29) is 23.1 Å². The number of rotatable bonds is 5. The van der Waals surface area contributed by atoms with Gasteiger partial charge in [-0.05, 0) is 33.7 Å². The van der Waals surface area contributed by atoms with E-state index < -0.39 is 15.7 Å². The lowest BCUT2D eigenvalue weighted by Gasteiger charge is -2.06. The molecule has 108 valence electrons. The highest BCUT2D eigenvalue weighted by Gasteiger charge is 2.17. The van der Waals surface area contributed by atoms with Crippen LogP contribution >= 0.6 is 11.6 Å². The van der Waals surface area contributed by atoms with Gasteiger partial charge in [0, 0.05) is 6.07 Å². The fraction of sp³-hybridized carbons (Fsp3) is 0.0833. The van der Waals surface area contributed by atoms with Crippen LogP contribution < -0.4 is 4.74 Å². The summed E-state index contributed by atoms with van der Waals surface area (Å²) in [4.78, 5) is 23.9. The van der Waals surface area contributed by atoms with Gasteiger partial charge in [0.05, 0.1) is 4.92 Å². The molecular weight excluding hydrogens is 302 g/mol. The van der Waals surface area contributed by atoms with E-state index in [1.165, 1.54) is 36.5 Å². The van der Waals surface area contributed by atoms with Crippen LogP contribution in [0, 0.1) is 20.2 Å². The Bertz CT molecular complexity index is 707. The summed E-state index contributed by atoms with van der Waals surface area (Å²) in [7, 11) is 0. The average molecular weight is 310 g/mol. The van der Waals surface area contributed by atoms with Crippen molar-refractivity contribution in [2.45, 2.75) is 6.61 Å². The molecule has 1 aromatic heterocycles. The van der Waals surface area contributed by atoms with Crippen molar-refractivity contribution in [3.05, 3.63) is 67.3 Å². The lowest BCUT2D eigenvalue weighted by molar-refractivity contribution is -0.390. The molecule has 0 aliphatic heterocycles. The van der Waals surface area contributed by atoms with E-state index in [9.17, 15) is 20.2 Å². The molecule has 0 unspecified atom stereocenters. The predicted octanol–water partition coefficient (Wildman–Crippen LogP) is 3.13. The second kappa shape index (κ2) is 6.14. The molecule has 0 bridgehead atoms. The van der Waals surface area contributed by atoms with E-state index in [0.717, 1.165) is 0 Å². The zero-order valence-electron chi connectivity index (χ0n) is 10.4. The van der Waals surface area contributed by atoms with Gasteiger partial charge in [0.15, 0.2) is 0 Å². The third kappa shape index (κ3) is 3.42. The van der Waals surface area contributed by atoms with Gasteiger partial charge < -0.3 is 14.9 Å². The van der Waals surface area contributed by atoms with Gasteiger partial charge in [0.2, 0.25) is 5.75 Å². The Morgan fingerprint density at radius 2 is 1.95 bits per heavy atom. The van der Waals surface area contributed by atoms with E-state index in [1.54, 1.807) is 0 Å². The first-order valence-electron chi connectivity index (χ1n) is 5.64. The normalized spacial score (nSPS) is 10.1. The van der Waals surface area contributed by atoms with Crippen LogP contribution in [0.4, 0.5) is 11.5 Å². The molecule has 0 atom stereocenters. The third-order valence-corrected chi connectivity index (χ3v) is 2.85. The fourth-order valence-corrected chi connectivity index (χ4v) is 1.77. The Morgan fingerprint density at radius 1 is 1.19 bits per heavy atom. The van der Waals surface area contributed by atoms with Crippen molar-refractivity contribution in [2.75, 3.05) is 0 Å². The largest absolute Gasteiger partial charge is 0.481 e. The van der Waals surface area contributed by atoms with Crippen molar-refractivity contribution in [3.63, 3.8) is 0 Å². The van der Waals surface area contributed by atoms with E-state index in [2.05, 4.69) is 4.98 Å². The molecule has 9 heteroatoms. The fourth-order valence-electron chi connectivity index (χ4n) is 1.58. The number of benzene rings is 1. The standard InChI is InChI=1S/C12H8ClN3O5/c13-9-4-3-8(6-10(9)15(17)18)7-21-11-2-1-5-14-12(11)16(19)20/h1-6H,7H2.